The van der Waals surface area contributed by atoms with Crippen LogP contribution in [0, 0.1) is 19.7 Å². The van der Waals surface area contributed by atoms with Gasteiger partial charge in [0, 0.05) is 6.54 Å². The monoisotopic (exact) mass is 454 g/mol. The Morgan fingerprint density at radius 3 is 2.25 bits per heavy atom. The van der Waals surface area contributed by atoms with Crippen molar-refractivity contribution in [1.82, 2.24) is 9.62 Å². The van der Waals surface area contributed by atoms with Gasteiger partial charge in [0.1, 0.15) is 5.82 Å². The second-order valence-corrected chi connectivity index (χ2v) is 9.85. The van der Waals surface area contributed by atoms with Crippen molar-refractivity contribution in [2.24, 2.45) is 0 Å². The molecule has 0 heterocycles. The molecule has 32 heavy (non-hydrogen) atoms. The molecule has 7 heteroatoms. The van der Waals surface area contributed by atoms with Crippen LogP contribution in [0.2, 0.25) is 0 Å². The minimum absolute atomic E-state index is 0.0657. The van der Waals surface area contributed by atoms with Crippen LogP contribution in [0.3, 0.4) is 0 Å². The molecular weight excluding hydrogens is 427 g/mol. The van der Waals surface area contributed by atoms with Crippen LogP contribution >= 0.6 is 0 Å². The van der Waals surface area contributed by atoms with Gasteiger partial charge in [0.25, 0.3) is 0 Å². The van der Waals surface area contributed by atoms with Crippen LogP contribution in [-0.4, -0.2) is 25.2 Å². The van der Waals surface area contributed by atoms with Gasteiger partial charge in [-0.2, -0.15) is 4.31 Å². The number of hydrogen-bond acceptors (Lipinski definition) is 3. The first-order valence-electron chi connectivity index (χ1n) is 10.3. The number of rotatable bonds is 8. The quantitative estimate of drug-likeness (QED) is 0.545. The van der Waals surface area contributed by atoms with Gasteiger partial charge in [-0.15, -0.1) is 0 Å². The third-order valence-corrected chi connectivity index (χ3v) is 6.97. The molecule has 3 aromatic carbocycles. The van der Waals surface area contributed by atoms with Crippen LogP contribution in [0.25, 0.3) is 0 Å². The topological polar surface area (TPSA) is 66.5 Å². The Balaban J connectivity index is 1.83. The molecule has 0 aliphatic rings. The number of carbonyl (C=O) groups excluding carboxylic acids is 1. The first-order chi connectivity index (χ1) is 15.1. The van der Waals surface area contributed by atoms with E-state index in [1.807, 2.05) is 38.1 Å². The Morgan fingerprint density at radius 2 is 1.62 bits per heavy atom. The normalized spacial score (nSPS) is 12.5. The Hall–Kier alpha value is -3.03. The molecule has 0 radical (unpaired) electrons. The average Bonchev–Trinajstić information content (AvgIpc) is 2.74. The fraction of sp³-hybridized carbons (Fsp3) is 0.240. The van der Waals surface area contributed by atoms with Crippen LogP contribution in [0.1, 0.15) is 35.2 Å². The van der Waals surface area contributed by atoms with E-state index in [4.69, 9.17) is 0 Å². The van der Waals surface area contributed by atoms with Gasteiger partial charge in [0.15, 0.2) is 0 Å². The fourth-order valence-electron chi connectivity index (χ4n) is 3.38. The van der Waals surface area contributed by atoms with Gasteiger partial charge < -0.3 is 5.32 Å². The number of sulfonamides is 1. The number of nitrogens with zero attached hydrogens (tertiary/aromatic N) is 1. The van der Waals surface area contributed by atoms with Gasteiger partial charge in [0.05, 0.1) is 17.5 Å². The lowest BCUT2D eigenvalue weighted by molar-refractivity contribution is -0.122. The molecule has 0 saturated carbocycles. The standard InChI is InChI=1S/C25H27FN2O3S/c1-18-7-13-24(14-8-18)32(30,31)28(16-21-6-4-5-19(2)15-21)17-25(29)27-20(3)22-9-11-23(26)12-10-22/h4-15,20H,16-17H2,1-3H3,(H,27,29). The number of amides is 1. The van der Waals surface area contributed by atoms with E-state index in [0.717, 1.165) is 22.3 Å². The molecule has 1 amide bonds. The molecule has 1 atom stereocenters. The van der Waals surface area contributed by atoms with E-state index in [1.54, 1.807) is 43.3 Å². The summed E-state index contributed by atoms with van der Waals surface area (Å²) < 4.78 is 41.1. The number of hydrogen-bond donors (Lipinski definition) is 1. The maximum Gasteiger partial charge on any atom is 0.243 e. The maximum absolute atomic E-state index is 13.4. The largest absolute Gasteiger partial charge is 0.348 e. The van der Waals surface area contributed by atoms with Crippen molar-refractivity contribution in [3.05, 3.63) is 101 Å². The Bertz CT molecular complexity index is 1180. The third kappa shape index (κ3) is 6.02. The molecule has 5 nitrogen and oxygen atoms in total. The molecule has 0 fully saturated rings. The first-order valence-corrected chi connectivity index (χ1v) is 11.8. The van der Waals surface area contributed by atoms with Crippen LogP contribution in [0.15, 0.2) is 77.7 Å². The number of halogens is 1. The summed E-state index contributed by atoms with van der Waals surface area (Å²) in [5.41, 5.74) is 3.47. The van der Waals surface area contributed by atoms with E-state index in [0.29, 0.717) is 0 Å². The molecule has 1 N–H and O–H groups in total. The van der Waals surface area contributed by atoms with Crippen LogP contribution in [0.4, 0.5) is 4.39 Å². The molecule has 0 aliphatic heterocycles. The van der Waals surface area contributed by atoms with E-state index in [1.165, 1.54) is 16.4 Å². The maximum atomic E-state index is 13.4. The van der Waals surface area contributed by atoms with Gasteiger partial charge in [-0.05, 0) is 56.2 Å². The van der Waals surface area contributed by atoms with E-state index >= 15 is 0 Å². The summed E-state index contributed by atoms with van der Waals surface area (Å²) in [4.78, 5) is 12.9. The summed E-state index contributed by atoms with van der Waals surface area (Å²) in [5.74, 6) is -0.800. The minimum Gasteiger partial charge on any atom is -0.348 e. The second kappa shape index (κ2) is 10.1. The highest BCUT2D eigenvalue weighted by molar-refractivity contribution is 7.89. The summed E-state index contributed by atoms with van der Waals surface area (Å²) in [6, 6.07) is 19.5. The Morgan fingerprint density at radius 1 is 0.969 bits per heavy atom. The highest BCUT2D eigenvalue weighted by Gasteiger charge is 2.27. The van der Waals surface area contributed by atoms with E-state index in [2.05, 4.69) is 5.32 Å². The highest BCUT2D eigenvalue weighted by atomic mass is 32.2. The minimum atomic E-state index is -3.91. The molecule has 0 saturated heterocycles. The summed E-state index contributed by atoms with van der Waals surface area (Å²) in [7, 11) is -3.91. The van der Waals surface area contributed by atoms with Crippen LogP contribution in [-0.2, 0) is 21.4 Å². The second-order valence-electron chi connectivity index (χ2n) is 7.92. The molecule has 0 bridgehead atoms. The van der Waals surface area contributed by atoms with E-state index in [9.17, 15) is 17.6 Å². The molecular formula is C25H27FN2O3S. The number of carbonyl (C=O) groups is 1. The van der Waals surface area contributed by atoms with Crippen molar-refractivity contribution in [2.45, 2.75) is 38.3 Å². The smallest absolute Gasteiger partial charge is 0.243 e. The SMILES string of the molecule is Cc1ccc(S(=O)(=O)N(CC(=O)NC(C)c2ccc(F)cc2)Cc2cccc(C)c2)cc1. The highest BCUT2D eigenvalue weighted by Crippen LogP contribution is 2.20. The predicted octanol–water partition coefficient (Wildman–Crippen LogP) is 4.51. The summed E-state index contributed by atoms with van der Waals surface area (Å²) >= 11 is 0. The summed E-state index contributed by atoms with van der Waals surface area (Å²) in [5, 5.41) is 2.81. The molecule has 0 spiro atoms. The van der Waals surface area contributed by atoms with Gasteiger partial charge in [0.2, 0.25) is 15.9 Å². The lowest BCUT2D eigenvalue weighted by Gasteiger charge is -2.23. The summed E-state index contributed by atoms with van der Waals surface area (Å²) in [6.07, 6.45) is 0. The zero-order valence-corrected chi connectivity index (χ0v) is 19.2. The van der Waals surface area contributed by atoms with Crippen molar-refractivity contribution in [1.29, 1.82) is 0 Å². The molecule has 1 unspecified atom stereocenters. The Labute approximate surface area is 188 Å². The zero-order chi connectivity index (χ0) is 23.3. The van der Waals surface area contributed by atoms with Gasteiger partial charge in [-0.25, -0.2) is 12.8 Å². The van der Waals surface area contributed by atoms with Crippen molar-refractivity contribution >= 4 is 15.9 Å². The molecule has 0 aromatic heterocycles. The number of nitrogens with one attached hydrogen (secondary N) is 1. The van der Waals surface area contributed by atoms with E-state index in [-0.39, 0.29) is 23.8 Å². The number of aryl methyl sites for hydroxylation is 2. The lowest BCUT2D eigenvalue weighted by Crippen LogP contribution is -2.41. The molecule has 168 valence electrons. The van der Waals surface area contributed by atoms with Gasteiger partial charge in [-0.3, -0.25) is 4.79 Å². The van der Waals surface area contributed by atoms with Crippen molar-refractivity contribution < 1.29 is 17.6 Å². The first kappa shape index (κ1) is 23.6. The van der Waals surface area contributed by atoms with Crippen molar-refractivity contribution in [3.8, 4) is 0 Å². The number of benzene rings is 3. The third-order valence-electron chi connectivity index (χ3n) is 5.17. The predicted molar refractivity (Wildman–Crippen MR) is 123 cm³/mol. The summed E-state index contributed by atoms with van der Waals surface area (Å²) in [6.45, 7) is 5.31. The Kier molecular flexibility index (Phi) is 7.43. The van der Waals surface area contributed by atoms with Crippen molar-refractivity contribution in [3.63, 3.8) is 0 Å². The van der Waals surface area contributed by atoms with E-state index < -0.39 is 22.0 Å². The lowest BCUT2D eigenvalue weighted by atomic mass is 10.1. The zero-order valence-electron chi connectivity index (χ0n) is 18.4. The fourth-order valence-corrected chi connectivity index (χ4v) is 4.77. The molecule has 3 aromatic rings. The molecule has 0 aliphatic carbocycles. The van der Waals surface area contributed by atoms with Crippen molar-refractivity contribution in [2.75, 3.05) is 6.54 Å². The molecule has 3 rings (SSSR count). The van der Waals surface area contributed by atoms with Gasteiger partial charge in [-0.1, -0.05) is 59.7 Å². The van der Waals surface area contributed by atoms with Crippen LogP contribution < -0.4 is 5.32 Å². The van der Waals surface area contributed by atoms with Crippen LogP contribution in [0.5, 0.6) is 0 Å². The average molecular weight is 455 g/mol. The van der Waals surface area contributed by atoms with Gasteiger partial charge >= 0.3 is 0 Å².